The van der Waals surface area contributed by atoms with Gasteiger partial charge in [0.2, 0.25) is 0 Å². The lowest BCUT2D eigenvalue weighted by molar-refractivity contribution is 1.64. The van der Waals surface area contributed by atoms with Crippen LogP contribution in [0.1, 0.15) is 5.56 Å². The Kier molecular flexibility index (Phi) is 3.02. The maximum atomic E-state index is 5.55. The van der Waals surface area contributed by atoms with Crippen LogP contribution in [0.5, 0.6) is 0 Å². The summed E-state index contributed by atoms with van der Waals surface area (Å²) in [5.41, 5.74) is 3.33. The van der Waals surface area contributed by atoms with Crippen molar-refractivity contribution in [3.63, 3.8) is 0 Å². The van der Waals surface area contributed by atoms with Crippen molar-refractivity contribution in [3.8, 4) is 33.2 Å². The number of benzene rings is 1. The molecule has 86 valence electrons. The van der Waals surface area contributed by atoms with Crippen LogP contribution in [-0.4, -0.2) is 0 Å². The van der Waals surface area contributed by atoms with E-state index in [-0.39, 0.29) is 0 Å². The summed E-state index contributed by atoms with van der Waals surface area (Å²) >= 11 is 3.47. The van der Waals surface area contributed by atoms with Crippen LogP contribution in [0.4, 0.5) is 0 Å². The number of rotatable bonds is 2. The van der Waals surface area contributed by atoms with Crippen molar-refractivity contribution < 1.29 is 0 Å². The third-order valence-electron chi connectivity index (χ3n) is 2.71. The smallest absolute Gasteiger partial charge is 0.0343 e. The highest BCUT2D eigenvalue weighted by atomic mass is 32.1. The van der Waals surface area contributed by atoms with Gasteiger partial charge in [0.05, 0.1) is 0 Å². The van der Waals surface area contributed by atoms with Gasteiger partial charge in [0.1, 0.15) is 0 Å². The van der Waals surface area contributed by atoms with Gasteiger partial charge >= 0.3 is 0 Å². The van der Waals surface area contributed by atoms with Crippen molar-refractivity contribution in [2.45, 2.75) is 0 Å². The van der Waals surface area contributed by atoms with Crippen molar-refractivity contribution in [1.82, 2.24) is 0 Å². The highest BCUT2D eigenvalue weighted by Crippen LogP contribution is 2.32. The van der Waals surface area contributed by atoms with Crippen LogP contribution in [0.2, 0.25) is 0 Å². The molecule has 0 amide bonds. The standard InChI is InChI=1S/C16H10S2/c1-2-12-9-13(15-5-3-7-17-15)11-14(10-12)16-6-4-8-18-16/h1,3-11H. The Morgan fingerprint density at radius 1 is 0.833 bits per heavy atom. The third-order valence-corrected chi connectivity index (χ3v) is 4.55. The normalized spacial score (nSPS) is 10.2. The molecule has 0 nitrogen and oxygen atoms in total. The van der Waals surface area contributed by atoms with Crippen LogP contribution >= 0.6 is 22.7 Å². The molecule has 18 heavy (non-hydrogen) atoms. The first-order valence-corrected chi connectivity index (χ1v) is 7.32. The van der Waals surface area contributed by atoms with E-state index in [0.717, 1.165) is 5.56 Å². The molecule has 0 spiro atoms. The molecule has 0 radical (unpaired) electrons. The summed E-state index contributed by atoms with van der Waals surface area (Å²) in [6.07, 6.45) is 5.55. The molecular weight excluding hydrogens is 256 g/mol. The molecule has 1 aromatic carbocycles. The van der Waals surface area contributed by atoms with Gasteiger partial charge in [-0.2, -0.15) is 0 Å². The average molecular weight is 266 g/mol. The first-order valence-electron chi connectivity index (χ1n) is 5.56. The third kappa shape index (κ3) is 2.11. The molecule has 0 bridgehead atoms. The van der Waals surface area contributed by atoms with Crippen LogP contribution in [-0.2, 0) is 0 Å². The van der Waals surface area contributed by atoms with Gasteiger partial charge in [-0.15, -0.1) is 29.1 Å². The summed E-state index contributed by atoms with van der Waals surface area (Å²) in [5.74, 6) is 2.74. The van der Waals surface area contributed by atoms with Crippen LogP contribution in [0, 0.1) is 12.3 Å². The minimum Gasteiger partial charge on any atom is -0.144 e. The van der Waals surface area contributed by atoms with Gasteiger partial charge < -0.3 is 0 Å². The van der Waals surface area contributed by atoms with Crippen LogP contribution in [0.3, 0.4) is 0 Å². The highest BCUT2D eigenvalue weighted by Gasteiger charge is 2.05. The largest absolute Gasteiger partial charge is 0.144 e. The van der Waals surface area contributed by atoms with Crippen LogP contribution in [0.25, 0.3) is 20.9 Å². The lowest BCUT2D eigenvalue weighted by atomic mass is 10.0. The van der Waals surface area contributed by atoms with Crippen LogP contribution in [0.15, 0.2) is 53.2 Å². The number of hydrogen-bond donors (Lipinski definition) is 0. The zero-order valence-corrected chi connectivity index (χ0v) is 11.2. The number of terminal acetylenes is 1. The summed E-state index contributed by atoms with van der Waals surface area (Å²) in [5, 5.41) is 4.17. The van der Waals surface area contributed by atoms with Gasteiger partial charge in [-0.05, 0) is 52.2 Å². The molecule has 3 aromatic rings. The lowest BCUT2D eigenvalue weighted by Gasteiger charge is -2.04. The molecule has 0 saturated heterocycles. The fourth-order valence-electron chi connectivity index (χ4n) is 1.88. The Bertz CT molecular complexity index is 631. The first kappa shape index (κ1) is 11.3. The van der Waals surface area contributed by atoms with Gasteiger partial charge in [0.15, 0.2) is 0 Å². The minimum atomic E-state index is 0.935. The summed E-state index contributed by atoms with van der Waals surface area (Å²) in [7, 11) is 0. The molecule has 0 aliphatic rings. The van der Waals surface area contributed by atoms with Gasteiger partial charge in [-0.3, -0.25) is 0 Å². The van der Waals surface area contributed by atoms with E-state index in [1.807, 2.05) is 0 Å². The van der Waals surface area contributed by atoms with Crippen molar-refractivity contribution in [1.29, 1.82) is 0 Å². The molecule has 0 aliphatic heterocycles. The predicted octanol–water partition coefficient (Wildman–Crippen LogP) is 5.12. The topological polar surface area (TPSA) is 0 Å². The molecule has 0 aliphatic carbocycles. The summed E-state index contributed by atoms with van der Waals surface area (Å²) in [6.45, 7) is 0. The second-order valence-corrected chi connectivity index (χ2v) is 5.79. The highest BCUT2D eigenvalue weighted by molar-refractivity contribution is 7.14. The van der Waals surface area contributed by atoms with E-state index < -0.39 is 0 Å². The molecule has 2 heterocycles. The van der Waals surface area contributed by atoms with E-state index >= 15 is 0 Å². The molecule has 2 heteroatoms. The van der Waals surface area contributed by atoms with Crippen molar-refractivity contribution in [3.05, 3.63) is 58.8 Å². The van der Waals surface area contributed by atoms with Crippen molar-refractivity contribution in [2.24, 2.45) is 0 Å². The average Bonchev–Trinajstić information content (AvgIpc) is 3.10. The van der Waals surface area contributed by atoms with Crippen molar-refractivity contribution in [2.75, 3.05) is 0 Å². The van der Waals surface area contributed by atoms with Crippen LogP contribution < -0.4 is 0 Å². The number of thiophene rings is 2. The molecule has 0 saturated carbocycles. The molecular formula is C16H10S2. The van der Waals surface area contributed by atoms with Crippen molar-refractivity contribution >= 4 is 22.7 Å². The van der Waals surface area contributed by atoms with E-state index in [9.17, 15) is 0 Å². The zero-order valence-electron chi connectivity index (χ0n) is 9.59. The van der Waals surface area contributed by atoms with E-state index in [4.69, 9.17) is 6.42 Å². The van der Waals surface area contributed by atoms with Gasteiger partial charge in [-0.1, -0.05) is 18.1 Å². The Labute approximate surface area is 115 Å². The molecule has 0 N–H and O–H groups in total. The predicted molar refractivity (Wildman–Crippen MR) is 81.0 cm³/mol. The summed E-state index contributed by atoms with van der Waals surface area (Å²) in [4.78, 5) is 2.51. The molecule has 0 atom stereocenters. The molecule has 2 aromatic heterocycles. The second-order valence-electron chi connectivity index (χ2n) is 3.90. The fourth-order valence-corrected chi connectivity index (χ4v) is 3.31. The van der Waals surface area contributed by atoms with Gasteiger partial charge in [-0.25, -0.2) is 0 Å². The first-order chi connectivity index (χ1) is 8.86. The molecule has 3 rings (SSSR count). The summed E-state index contributed by atoms with van der Waals surface area (Å²) < 4.78 is 0. The Morgan fingerprint density at radius 3 is 1.78 bits per heavy atom. The van der Waals surface area contributed by atoms with Gasteiger partial charge in [0.25, 0.3) is 0 Å². The van der Waals surface area contributed by atoms with Gasteiger partial charge in [0, 0.05) is 15.3 Å². The van der Waals surface area contributed by atoms with E-state index in [2.05, 4.69) is 59.1 Å². The molecule has 0 fully saturated rings. The lowest BCUT2D eigenvalue weighted by Crippen LogP contribution is -1.81. The Hall–Kier alpha value is -1.82. The quantitative estimate of drug-likeness (QED) is 0.564. The van der Waals surface area contributed by atoms with E-state index in [0.29, 0.717) is 0 Å². The minimum absolute atomic E-state index is 0.935. The van der Waals surface area contributed by atoms with E-state index in [1.165, 1.54) is 20.9 Å². The zero-order chi connectivity index (χ0) is 12.4. The molecule has 0 unspecified atom stereocenters. The van der Waals surface area contributed by atoms with E-state index in [1.54, 1.807) is 22.7 Å². The SMILES string of the molecule is C#Cc1cc(-c2cccs2)cc(-c2cccs2)c1. The monoisotopic (exact) mass is 266 g/mol. The maximum absolute atomic E-state index is 5.55. The Morgan fingerprint density at radius 2 is 1.39 bits per heavy atom. The maximum Gasteiger partial charge on any atom is 0.0343 e. The Balaban J connectivity index is 2.17. The summed E-state index contributed by atoms with van der Waals surface area (Å²) in [6, 6.07) is 14.7. The fraction of sp³-hybridized carbons (Fsp3) is 0. The number of hydrogen-bond acceptors (Lipinski definition) is 2. The second kappa shape index (κ2) is 4.81.